The minimum Gasteiger partial charge on any atom is -0.497 e. The summed E-state index contributed by atoms with van der Waals surface area (Å²) >= 11 is 0. The van der Waals surface area contributed by atoms with Crippen LogP contribution in [0.3, 0.4) is 0 Å². The highest BCUT2D eigenvalue weighted by Gasteiger charge is 2.06. The Morgan fingerprint density at radius 3 is 2.72 bits per heavy atom. The van der Waals surface area contributed by atoms with Gasteiger partial charge in [-0.3, -0.25) is 4.98 Å². The lowest BCUT2D eigenvalue weighted by atomic mass is 10.1. The van der Waals surface area contributed by atoms with Crippen LogP contribution in [0.15, 0.2) is 61.1 Å². The van der Waals surface area contributed by atoms with Gasteiger partial charge in [0.1, 0.15) is 17.4 Å². The van der Waals surface area contributed by atoms with Crippen LogP contribution >= 0.6 is 0 Å². The van der Waals surface area contributed by atoms with E-state index in [1.807, 2.05) is 42.5 Å². The van der Waals surface area contributed by atoms with Crippen molar-refractivity contribution in [2.24, 2.45) is 0 Å². The van der Waals surface area contributed by atoms with Crippen LogP contribution < -0.4 is 10.1 Å². The number of hydrogen-bond donors (Lipinski definition) is 2. The SMILES string of the molecule is COc1ccc(Cc2nc3ccc(Nc4cnccn4)cc3[nH]2)cc1. The molecular weight excluding hydrogens is 314 g/mol. The molecule has 4 rings (SSSR count). The second-order valence-electron chi connectivity index (χ2n) is 5.66. The number of benzene rings is 2. The molecule has 2 aromatic carbocycles. The fraction of sp³-hybridized carbons (Fsp3) is 0.105. The third-order valence-corrected chi connectivity index (χ3v) is 3.90. The van der Waals surface area contributed by atoms with Crippen molar-refractivity contribution in [1.82, 2.24) is 19.9 Å². The Hall–Kier alpha value is -3.41. The fourth-order valence-corrected chi connectivity index (χ4v) is 2.67. The first-order valence-corrected chi connectivity index (χ1v) is 7.95. The highest BCUT2D eigenvalue weighted by molar-refractivity contribution is 5.80. The van der Waals surface area contributed by atoms with Crippen LogP contribution in [0.1, 0.15) is 11.4 Å². The van der Waals surface area contributed by atoms with Crippen molar-refractivity contribution < 1.29 is 4.74 Å². The molecule has 4 aromatic rings. The van der Waals surface area contributed by atoms with Gasteiger partial charge in [-0.15, -0.1) is 0 Å². The van der Waals surface area contributed by atoms with Crippen molar-refractivity contribution in [2.45, 2.75) is 6.42 Å². The molecule has 0 bridgehead atoms. The number of aromatic nitrogens is 4. The lowest BCUT2D eigenvalue weighted by Gasteiger charge is -2.03. The summed E-state index contributed by atoms with van der Waals surface area (Å²) in [7, 11) is 1.67. The highest BCUT2D eigenvalue weighted by atomic mass is 16.5. The van der Waals surface area contributed by atoms with Crippen LogP contribution in [0, 0.1) is 0 Å². The molecule has 0 saturated heterocycles. The maximum atomic E-state index is 5.19. The van der Waals surface area contributed by atoms with Crippen LogP contribution in [-0.2, 0) is 6.42 Å². The number of rotatable bonds is 5. The molecule has 6 heteroatoms. The Bertz CT molecular complexity index is 980. The van der Waals surface area contributed by atoms with E-state index in [0.717, 1.165) is 34.7 Å². The summed E-state index contributed by atoms with van der Waals surface area (Å²) in [6, 6.07) is 14.0. The number of nitrogens with zero attached hydrogens (tertiary/aromatic N) is 3. The summed E-state index contributed by atoms with van der Waals surface area (Å²) in [5, 5.41) is 3.23. The zero-order valence-electron chi connectivity index (χ0n) is 13.7. The van der Waals surface area contributed by atoms with Gasteiger partial charge in [0.05, 0.1) is 24.3 Å². The summed E-state index contributed by atoms with van der Waals surface area (Å²) in [4.78, 5) is 16.3. The van der Waals surface area contributed by atoms with Gasteiger partial charge in [-0.05, 0) is 35.9 Å². The minimum atomic E-state index is 0.708. The van der Waals surface area contributed by atoms with Crippen LogP contribution in [0.5, 0.6) is 5.75 Å². The van der Waals surface area contributed by atoms with E-state index < -0.39 is 0 Å². The Kier molecular flexibility index (Phi) is 4.00. The van der Waals surface area contributed by atoms with Crippen LogP contribution in [0.4, 0.5) is 11.5 Å². The zero-order chi connectivity index (χ0) is 17.1. The number of fused-ring (bicyclic) bond motifs is 1. The maximum Gasteiger partial charge on any atom is 0.148 e. The van der Waals surface area contributed by atoms with Gasteiger partial charge in [-0.2, -0.15) is 0 Å². The van der Waals surface area contributed by atoms with Crippen LogP contribution in [0.25, 0.3) is 11.0 Å². The predicted octanol–water partition coefficient (Wildman–Crippen LogP) is 3.70. The summed E-state index contributed by atoms with van der Waals surface area (Å²) in [6.07, 6.45) is 5.73. The predicted molar refractivity (Wildman–Crippen MR) is 97.2 cm³/mol. The maximum absolute atomic E-state index is 5.19. The molecule has 0 fully saturated rings. The van der Waals surface area contributed by atoms with Crippen molar-refractivity contribution >= 4 is 22.5 Å². The first-order valence-electron chi connectivity index (χ1n) is 7.95. The van der Waals surface area contributed by atoms with Crippen molar-refractivity contribution in [3.63, 3.8) is 0 Å². The molecule has 0 radical (unpaired) electrons. The number of nitrogens with one attached hydrogen (secondary N) is 2. The Morgan fingerprint density at radius 1 is 1.08 bits per heavy atom. The number of imidazole rings is 1. The average Bonchev–Trinajstić information content (AvgIpc) is 3.05. The van der Waals surface area contributed by atoms with Crippen LogP contribution in [-0.4, -0.2) is 27.0 Å². The third kappa shape index (κ3) is 3.42. The Labute approximate surface area is 144 Å². The van der Waals surface area contributed by atoms with Gasteiger partial charge in [-0.1, -0.05) is 12.1 Å². The van der Waals surface area contributed by atoms with E-state index in [1.54, 1.807) is 25.7 Å². The highest BCUT2D eigenvalue weighted by Crippen LogP contribution is 2.21. The van der Waals surface area contributed by atoms with E-state index in [2.05, 4.69) is 25.3 Å². The molecule has 0 aliphatic rings. The fourth-order valence-electron chi connectivity index (χ4n) is 2.67. The lowest BCUT2D eigenvalue weighted by Crippen LogP contribution is -1.93. The van der Waals surface area contributed by atoms with Crippen molar-refractivity contribution in [1.29, 1.82) is 0 Å². The van der Waals surface area contributed by atoms with Crippen molar-refractivity contribution in [3.8, 4) is 5.75 Å². The van der Waals surface area contributed by atoms with E-state index in [-0.39, 0.29) is 0 Å². The smallest absolute Gasteiger partial charge is 0.148 e. The molecule has 25 heavy (non-hydrogen) atoms. The molecule has 124 valence electrons. The second kappa shape index (κ2) is 6.60. The minimum absolute atomic E-state index is 0.708. The van der Waals surface area contributed by atoms with Gasteiger partial charge in [0.15, 0.2) is 0 Å². The van der Waals surface area contributed by atoms with Gasteiger partial charge >= 0.3 is 0 Å². The quantitative estimate of drug-likeness (QED) is 0.583. The molecule has 0 aliphatic heterocycles. The normalized spacial score (nSPS) is 10.8. The van der Waals surface area contributed by atoms with E-state index in [1.165, 1.54) is 5.56 Å². The molecule has 0 spiro atoms. The van der Waals surface area contributed by atoms with Crippen LogP contribution in [0.2, 0.25) is 0 Å². The lowest BCUT2D eigenvalue weighted by molar-refractivity contribution is 0.414. The molecule has 0 unspecified atom stereocenters. The molecule has 0 aliphatic carbocycles. The summed E-state index contributed by atoms with van der Waals surface area (Å²) in [6.45, 7) is 0. The molecule has 0 saturated carbocycles. The van der Waals surface area contributed by atoms with E-state index in [4.69, 9.17) is 4.74 Å². The molecule has 2 aromatic heterocycles. The van der Waals surface area contributed by atoms with Crippen molar-refractivity contribution in [3.05, 3.63) is 72.4 Å². The number of anilines is 2. The molecule has 2 heterocycles. The first-order chi connectivity index (χ1) is 12.3. The molecular formula is C19H17N5O. The van der Waals surface area contributed by atoms with E-state index >= 15 is 0 Å². The Balaban J connectivity index is 1.55. The summed E-state index contributed by atoms with van der Waals surface area (Å²) < 4.78 is 5.19. The molecule has 0 amide bonds. The monoisotopic (exact) mass is 331 g/mol. The Morgan fingerprint density at radius 2 is 1.96 bits per heavy atom. The molecule has 2 N–H and O–H groups in total. The van der Waals surface area contributed by atoms with Gasteiger partial charge in [0.2, 0.25) is 0 Å². The van der Waals surface area contributed by atoms with Gasteiger partial charge in [0, 0.05) is 24.5 Å². The third-order valence-electron chi connectivity index (χ3n) is 3.90. The van der Waals surface area contributed by atoms with Crippen molar-refractivity contribution in [2.75, 3.05) is 12.4 Å². The number of ether oxygens (including phenoxy) is 1. The molecule has 6 nitrogen and oxygen atoms in total. The molecule has 0 atom stereocenters. The number of aromatic amines is 1. The standard InChI is InChI=1S/C19H17N5O/c1-25-15-5-2-13(3-6-15)10-18-23-16-7-4-14(11-17(16)24-18)22-19-12-20-8-9-21-19/h2-9,11-12H,10H2,1H3,(H,21,22)(H,23,24). The van der Waals surface area contributed by atoms with E-state index in [0.29, 0.717) is 5.82 Å². The largest absolute Gasteiger partial charge is 0.497 e. The van der Waals surface area contributed by atoms with Gasteiger partial charge in [0.25, 0.3) is 0 Å². The van der Waals surface area contributed by atoms with Gasteiger partial charge < -0.3 is 15.0 Å². The van der Waals surface area contributed by atoms with E-state index in [9.17, 15) is 0 Å². The zero-order valence-corrected chi connectivity index (χ0v) is 13.7. The summed E-state index contributed by atoms with van der Waals surface area (Å²) in [5.74, 6) is 2.49. The number of hydrogen-bond acceptors (Lipinski definition) is 5. The first kappa shape index (κ1) is 15.1. The average molecular weight is 331 g/mol. The topological polar surface area (TPSA) is 75.7 Å². The number of H-pyrrole nitrogens is 1. The van der Waals surface area contributed by atoms with Gasteiger partial charge in [-0.25, -0.2) is 9.97 Å². The summed E-state index contributed by atoms with van der Waals surface area (Å²) in [5.41, 5.74) is 4.04. The second-order valence-corrected chi connectivity index (χ2v) is 5.66. The number of methoxy groups -OCH3 is 1.